The number of carbonyl (C=O) groups is 1. The molecule has 0 fully saturated rings. The molecule has 1 aromatic heterocycles. The number of benzene rings is 2. The van der Waals surface area contributed by atoms with E-state index in [1.54, 1.807) is 42.5 Å². The van der Waals surface area contributed by atoms with Gasteiger partial charge in [-0.15, -0.1) is 10.2 Å². The smallest absolute Gasteiger partial charge is 0.234 e. The van der Waals surface area contributed by atoms with Gasteiger partial charge in [0.1, 0.15) is 5.82 Å². The number of hydrogen-bond donors (Lipinski definition) is 1. The lowest BCUT2D eigenvalue weighted by atomic mass is 10.2. The van der Waals surface area contributed by atoms with E-state index in [0.717, 1.165) is 0 Å². The van der Waals surface area contributed by atoms with Gasteiger partial charge in [-0.05, 0) is 38.1 Å². The van der Waals surface area contributed by atoms with Crippen LogP contribution >= 0.6 is 23.4 Å². The molecular weight excluding hydrogens is 387 g/mol. The lowest BCUT2D eigenvalue weighted by molar-refractivity contribution is -0.113. The minimum atomic E-state index is -0.361. The molecule has 0 saturated heterocycles. The number of rotatable bonds is 6. The van der Waals surface area contributed by atoms with E-state index in [2.05, 4.69) is 15.5 Å². The molecule has 0 bridgehead atoms. The molecule has 3 rings (SSSR count). The van der Waals surface area contributed by atoms with Crippen molar-refractivity contribution in [3.8, 4) is 11.4 Å². The molecule has 27 heavy (non-hydrogen) atoms. The third-order valence-corrected chi connectivity index (χ3v) is 5.05. The Hall–Kier alpha value is -2.38. The highest BCUT2D eigenvalue weighted by Crippen LogP contribution is 2.29. The van der Waals surface area contributed by atoms with Crippen LogP contribution in [0.25, 0.3) is 11.4 Å². The molecule has 0 atom stereocenters. The van der Waals surface area contributed by atoms with Crippen LogP contribution in [0.3, 0.4) is 0 Å². The molecule has 0 spiro atoms. The minimum Gasteiger partial charge on any atom is -0.324 e. The molecule has 1 N–H and O–H groups in total. The first-order valence-corrected chi connectivity index (χ1v) is 9.70. The van der Waals surface area contributed by atoms with E-state index in [9.17, 15) is 9.18 Å². The topological polar surface area (TPSA) is 59.8 Å². The van der Waals surface area contributed by atoms with Crippen molar-refractivity contribution < 1.29 is 9.18 Å². The van der Waals surface area contributed by atoms with Gasteiger partial charge in [0.25, 0.3) is 0 Å². The van der Waals surface area contributed by atoms with Crippen LogP contribution in [0.4, 0.5) is 10.1 Å². The van der Waals surface area contributed by atoms with Crippen molar-refractivity contribution >= 4 is 35.0 Å². The van der Waals surface area contributed by atoms with Crippen LogP contribution in [0.2, 0.25) is 5.02 Å². The van der Waals surface area contributed by atoms with E-state index in [-0.39, 0.29) is 23.5 Å². The number of nitrogens with one attached hydrogen (secondary N) is 1. The fraction of sp³-hybridized carbons (Fsp3) is 0.211. The number of amides is 1. The van der Waals surface area contributed by atoms with Crippen molar-refractivity contribution in [2.75, 3.05) is 11.1 Å². The highest BCUT2D eigenvalue weighted by molar-refractivity contribution is 7.99. The average molecular weight is 405 g/mol. The first-order chi connectivity index (χ1) is 13.0. The zero-order valence-electron chi connectivity index (χ0n) is 14.8. The number of nitrogens with zero attached hydrogens (tertiary/aromatic N) is 3. The zero-order valence-corrected chi connectivity index (χ0v) is 16.4. The maximum Gasteiger partial charge on any atom is 0.234 e. The summed E-state index contributed by atoms with van der Waals surface area (Å²) >= 11 is 7.30. The summed E-state index contributed by atoms with van der Waals surface area (Å²) in [6.07, 6.45) is 0. The second-order valence-electron chi connectivity index (χ2n) is 6.07. The number of thioether (sulfide) groups is 1. The van der Waals surface area contributed by atoms with Crippen LogP contribution in [0.1, 0.15) is 19.9 Å². The molecule has 2 aromatic carbocycles. The molecule has 0 radical (unpaired) electrons. The number of carbonyl (C=O) groups excluding carboxylic acids is 1. The van der Waals surface area contributed by atoms with Crippen LogP contribution in [-0.2, 0) is 4.79 Å². The van der Waals surface area contributed by atoms with Crippen molar-refractivity contribution in [1.82, 2.24) is 14.8 Å². The summed E-state index contributed by atoms with van der Waals surface area (Å²) in [6.45, 7) is 3.92. The predicted molar refractivity (Wildman–Crippen MR) is 107 cm³/mol. The van der Waals surface area contributed by atoms with Gasteiger partial charge in [0.15, 0.2) is 11.0 Å². The van der Waals surface area contributed by atoms with Crippen molar-refractivity contribution in [2.45, 2.75) is 25.0 Å². The lowest BCUT2D eigenvalue weighted by Crippen LogP contribution is -2.15. The Morgan fingerprint density at radius 3 is 2.59 bits per heavy atom. The fourth-order valence-electron chi connectivity index (χ4n) is 2.55. The Bertz CT molecular complexity index is 960. The third kappa shape index (κ3) is 4.48. The molecule has 140 valence electrons. The summed E-state index contributed by atoms with van der Waals surface area (Å²) in [7, 11) is 0. The molecule has 5 nitrogen and oxygen atoms in total. The third-order valence-electron chi connectivity index (χ3n) is 3.78. The van der Waals surface area contributed by atoms with Gasteiger partial charge in [0, 0.05) is 6.04 Å². The molecule has 1 amide bonds. The number of hydrogen-bond acceptors (Lipinski definition) is 4. The van der Waals surface area contributed by atoms with E-state index in [1.165, 1.54) is 17.8 Å². The summed E-state index contributed by atoms with van der Waals surface area (Å²) in [5, 5.41) is 12.1. The van der Waals surface area contributed by atoms with E-state index in [0.29, 0.717) is 27.3 Å². The Morgan fingerprint density at radius 2 is 1.89 bits per heavy atom. The van der Waals surface area contributed by atoms with Gasteiger partial charge in [0.2, 0.25) is 5.91 Å². The number of halogens is 2. The Labute approximate surface area is 166 Å². The highest BCUT2D eigenvalue weighted by Gasteiger charge is 2.20. The second-order valence-corrected chi connectivity index (χ2v) is 7.42. The standard InChI is InChI=1S/C19H18ClFN4OS/c1-12(2)25-18(13-7-3-5-9-15(13)21)23-24-19(25)27-11-17(26)22-16-10-6-4-8-14(16)20/h3-10,12H,11H2,1-2H3,(H,22,26). The fourth-order valence-corrected chi connectivity index (χ4v) is 3.60. The summed E-state index contributed by atoms with van der Waals surface area (Å²) in [4.78, 5) is 12.2. The van der Waals surface area contributed by atoms with Crippen LogP contribution < -0.4 is 5.32 Å². The van der Waals surface area contributed by atoms with Crippen LogP contribution in [0.5, 0.6) is 0 Å². The monoisotopic (exact) mass is 404 g/mol. The normalized spacial score (nSPS) is 11.0. The quantitative estimate of drug-likeness (QED) is 0.584. The second kappa shape index (κ2) is 8.54. The minimum absolute atomic E-state index is 0.00346. The highest BCUT2D eigenvalue weighted by atomic mass is 35.5. The van der Waals surface area contributed by atoms with Gasteiger partial charge in [-0.1, -0.05) is 47.6 Å². The van der Waals surface area contributed by atoms with E-state index >= 15 is 0 Å². The Kier molecular flexibility index (Phi) is 6.13. The maximum atomic E-state index is 14.2. The Balaban J connectivity index is 1.77. The van der Waals surface area contributed by atoms with Crippen LogP contribution in [0, 0.1) is 5.82 Å². The zero-order chi connectivity index (χ0) is 19.4. The lowest BCUT2D eigenvalue weighted by Gasteiger charge is -2.14. The molecule has 0 unspecified atom stereocenters. The summed E-state index contributed by atoms with van der Waals surface area (Å²) < 4.78 is 16.0. The first kappa shape index (κ1) is 19.4. The van der Waals surface area contributed by atoms with E-state index < -0.39 is 0 Å². The SMILES string of the molecule is CC(C)n1c(SCC(=O)Nc2ccccc2Cl)nnc1-c1ccccc1F. The molecule has 0 aliphatic rings. The Morgan fingerprint density at radius 1 is 1.19 bits per heavy atom. The largest absolute Gasteiger partial charge is 0.324 e. The van der Waals surface area contributed by atoms with Gasteiger partial charge in [-0.25, -0.2) is 4.39 Å². The van der Waals surface area contributed by atoms with Crippen molar-refractivity contribution in [1.29, 1.82) is 0 Å². The molecular formula is C19H18ClFN4OS. The molecule has 3 aromatic rings. The molecule has 8 heteroatoms. The summed E-state index contributed by atoms with van der Waals surface area (Å²) in [5.74, 6) is 0.00338. The maximum absolute atomic E-state index is 14.2. The van der Waals surface area contributed by atoms with Crippen LogP contribution in [0.15, 0.2) is 53.7 Å². The molecule has 1 heterocycles. The van der Waals surface area contributed by atoms with Gasteiger partial charge in [-0.3, -0.25) is 9.36 Å². The predicted octanol–water partition coefficient (Wildman–Crippen LogP) is 5.05. The van der Waals surface area contributed by atoms with Gasteiger partial charge >= 0.3 is 0 Å². The van der Waals surface area contributed by atoms with E-state index in [4.69, 9.17) is 11.6 Å². The van der Waals surface area contributed by atoms with Gasteiger partial charge in [-0.2, -0.15) is 0 Å². The summed E-state index contributed by atoms with van der Waals surface area (Å²) in [5.41, 5.74) is 0.938. The van der Waals surface area contributed by atoms with Crippen LogP contribution in [-0.4, -0.2) is 26.4 Å². The average Bonchev–Trinajstić information content (AvgIpc) is 3.06. The number of aromatic nitrogens is 3. The van der Waals surface area contributed by atoms with E-state index in [1.807, 2.05) is 18.4 Å². The molecule has 0 aliphatic carbocycles. The number of anilines is 1. The number of para-hydroxylation sites is 1. The molecule has 0 saturated carbocycles. The summed E-state index contributed by atoms with van der Waals surface area (Å²) in [6, 6.07) is 13.5. The van der Waals surface area contributed by atoms with Crippen molar-refractivity contribution in [2.24, 2.45) is 0 Å². The van der Waals surface area contributed by atoms with Crippen molar-refractivity contribution in [3.63, 3.8) is 0 Å². The first-order valence-electron chi connectivity index (χ1n) is 8.34. The van der Waals surface area contributed by atoms with Crippen molar-refractivity contribution in [3.05, 3.63) is 59.4 Å². The van der Waals surface area contributed by atoms with Gasteiger partial charge in [0.05, 0.1) is 22.0 Å². The molecule has 0 aliphatic heterocycles. The van der Waals surface area contributed by atoms with Gasteiger partial charge < -0.3 is 5.32 Å².